The van der Waals surface area contributed by atoms with Gasteiger partial charge in [-0.3, -0.25) is 30.2 Å². The van der Waals surface area contributed by atoms with E-state index in [9.17, 15) is 20.2 Å². The van der Waals surface area contributed by atoms with Crippen molar-refractivity contribution in [1.29, 1.82) is 0 Å². The third-order valence-corrected chi connectivity index (χ3v) is 5.47. The van der Waals surface area contributed by atoms with Crippen LogP contribution < -0.4 is 10.6 Å². The molecule has 0 saturated carbocycles. The number of nitrogens with zero attached hydrogens (tertiary/aromatic N) is 4. The van der Waals surface area contributed by atoms with Gasteiger partial charge in [0.25, 0.3) is 11.4 Å². The molecule has 0 aliphatic heterocycles. The Bertz CT molecular complexity index is 1200. The largest absolute Gasteiger partial charge is 0.350 e. The van der Waals surface area contributed by atoms with Crippen LogP contribution in [-0.2, 0) is 0 Å². The molecular formula is C22H16N6O4S. The predicted molar refractivity (Wildman–Crippen MR) is 125 cm³/mol. The smallest absolute Gasteiger partial charge is 0.293 e. The van der Waals surface area contributed by atoms with Crippen LogP contribution in [0.5, 0.6) is 0 Å². The molecule has 0 fully saturated rings. The molecule has 0 aliphatic carbocycles. The van der Waals surface area contributed by atoms with Crippen LogP contribution in [0.2, 0.25) is 0 Å². The van der Waals surface area contributed by atoms with Gasteiger partial charge in [-0.25, -0.2) is 0 Å². The Morgan fingerprint density at radius 2 is 1.03 bits per heavy atom. The third kappa shape index (κ3) is 5.40. The van der Waals surface area contributed by atoms with Crippen LogP contribution in [0.1, 0.15) is 0 Å². The Hall–Kier alpha value is -4.51. The van der Waals surface area contributed by atoms with Gasteiger partial charge in [0.05, 0.1) is 9.85 Å². The van der Waals surface area contributed by atoms with Crippen molar-refractivity contribution in [2.45, 2.75) is 9.79 Å². The van der Waals surface area contributed by atoms with Gasteiger partial charge < -0.3 is 10.6 Å². The second-order valence-corrected chi connectivity index (χ2v) is 7.84. The quantitative estimate of drug-likeness (QED) is 0.242. The van der Waals surface area contributed by atoms with E-state index in [1.165, 1.54) is 23.9 Å². The molecule has 11 heteroatoms. The van der Waals surface area contributed by atoms with E-state index in [1.807, 2.05) is 0 Å². The highest BCUT2D eigenvalue weighted by atomic mass is 32.2. The van der Waals surface area contributed by atoms with Gasteiger partial charge in [0, 0.05) is 58.1 Å². The number of nitro groups is 2. The van der Waals surface area contributed by atoms with E-state index in [1.54, 1.807) is 73.3 Å². The van der Waals surface area contributed by atoms with Gasteiger partial charge in [-0.15, -0.1) is 0 Å². The van der Waals surface area contributed by atoms with Crippen LogP contribution in [0, 0.1) is 20.2 Å². The van der Waals surface area contributed by atoms with E-state index in [0.29, 0.717) is 32.5 Å². The maximum Gasteiger partial charge on any atom is 0.293 e. The molecule has 164 valence electrons. The third-order valence-electron chi connectivity index (χ3n) is 4.49. The maximum absolute atomic E-state index is 11.6. The first-order valence-electron chi connectivity index (χ1n) is 9.58. The minimum atomic E-state index is -0.474. The second kappa shape index (κ2) is 9.75. The highest BCUT2D eigenvalue weighted by Gasteiger charge is 2.18. The first-order valence-corrected chi connectivity index (χ1v) is 10.4. The normalized spacial score (nSPS) is 10.4. The topological polar surface area (TPSA) is 136 Å². The second-order valence-electron chi connectivity index (χ2n) is 6.70. The average Bonchev–Trinajstić information content (AvgIpc) is 2.82. The summed E-state index contributed by atoms with van der Waals surface area (Å²) in [4.78, 5) is 31.3. The molecule has 0 amide bonds. The molecule has 0 atom stereocenters. The molecular weight excluding hydrogens is 444 g/mol. The minimum Gasteiger partial charge on any atom is -0.350 e. The summed E-state index contributed by atoms with van der Waals surface area (Å²) < 4.78 is 0. The van der Waals surface area contributed by atoms with Gasteiger partial charge in [0.2, 0.25) is 0 Å². The number of benzene rings is 2. The molecule has 0 aliphatic rings. The fraction of sp³-hybridized carbons (Fsp3) is 0. The van der Waals surface area contributed by atoms with Crippen molar-refractivity contribution in [2.24, 2.45) is 0 Å². The summed E-state index contributed by atoms with van der Waals surface area (Å²) in [6, 6.07) is 16.3. The Kier molecular flexibility index (Phi) is 6.41. The molecule has 33 heavy (non-hydrogen) atoms. The zero-order valence-corrected chi connectivity index (χ0v) is 17.7. The van der Waals surface area contributed by atoms with E-state index < -0.39 is 9.85 Å². The van der Waals surface area contributed by atoms with Gasteiger partial charge in [-0.2, -0.15) is 0 Å². The monoisotopic (exact) mass is 460 g/mol. The molecule has 2 aromatic heterocycles. The number of aromatic nitrogens is 2. The number of rotatable bonds is 8. The van der Waals surface area contributed by atoms with E-state index in [4.69, 9.17) is 0 Å². The lowest BCUT2D eigenvalue weighted by Gasteiger charge is -2.10. The highest BCUT2D eigenvalue weighted by Crippen LogP contribution is 2.38. The van der Waals surface area contributed by atoms with Crippen molar-refractivity contribution in [2.75, 3.05) is 10.6 Å². The van der Waals surface area contributed by atoms with E-state index in [-0.39, 0.29) is 11.4 Å². The fourth-order valence-corrected chi connectivity index (χ4v) is 3.87. The fourth-order valence-electron chi connectivity index (χ4n) is 2.98. The van der Waals surface area contributed by atoms with Crippen LogP contribution in [0.4, 0.5) is 34.1 Å². The van der Waals surface area contributed by atoms with Crippen LogP contribution in [0.15, 0.2) is 95.2 Å². The number of nitrogens with one attached hydrogen (secondary N) is 2. The van der Waals surface area contributed by atoms with Crippen molar-refractivity contribution in [3.05, 3.63) is 106 Å². The maximum atomic E-state index is 11.6. The Morgan fingerprint density at radius 1 is 0.636 bits per heavy atom. The highest BCUT2D eigenvalue weighted by molar-refractivity contribution is 7.99. The lowest BCUT2D eigenvalue weighted by molar-refractivity contribution is -0.384. The summed E-state index contributed by atoms with van der Waals surface area (Å²) in [6.45, 7) is 0. The van der Waals surface area contributed by atoms with Crippen molar-refractivity contribution < 1.29 is 9.85 Å². The summed E-state index contributed by atoms with van der Waals surface area (Å²) in [5.74, 6) is 0. The van der Waals surface area contributed by atoms with Gasteiger partial charge >= 0.3 is 0 Å². The Balaban J connectivity index is 1.59. The summed E-state index contributed by atoms with van der Waals surface area (Å²) in [5.41, 5.74) is 1.78. The van der Waals surface area contributed by atoms with Crippen LogP contribution in [0.25, 0.3) is 0 Å². The summed E-state index contributed by atoms with van der Waals surface area (Å²) in [6.07, 6.45) is 6.33. The zero-order valence-electron chi connectivity index (χ0n) is 16.9. The van der Waals surface area contributed by atoms with Crippen molar-refractivity contribution in [3.63, 3.8) is 0 Å². The molecule has 4 aromatic rings. The molecule has 0 spiro atoms. The summed E-state index contributed by atoms with van der Waals surface area (Å²) >= 11 is 1.20. The van der Waals surface area contributed by atoms with Crippen molar-refractivity contribution >= 4 is 45.9 Å². The SMILES string of the molecule is O=[N+]([O-])c1cc(Sc2ccc(Nc3ccncc3)c([N+](=O)[O-])c2)ccc1Nc1ccncc1. The molecule has 2 heterocycles. The van der Waals surface area contributed by atoms with Gasteiger partial charge in [0.1, 0.15) is 11.4 Å². The molecule has 10 nitrogen and oxygen atoms in total. The van der Waals surface area contributed by atoms with Crippen LogP contribution in [-0.4, -0.2) is 19.8 Å². The van der Waals surface area contributed by atoms with Gasteiger partial charge in [0.15, 0.2) is 0 Å². The minimum absolute atomic E-state index is 0.109. The lowest BCUT2D eigenvalue weighted by Crippen LogP contribution is -1.98. The zero-order chi connectivity index (χ0) is 23.2. The standard InChI is InChI=1S/C22H16N6O4S/c29-27(30)21-13-17(1-3-19(21)25-15-5-9-23-10-6-15)33-18-2-4-20(22(14-18)28(31)32)26-16-7-11-24-12-8-16/h1-14H,(H,23,25)(H,24,26). The molecule has 0 saturated heterocycles. The average molecular weight is 460 g/mol. The number of hydrogen-bond acceptors (Lipinski definition) is 9. The number of anilines is 4. The Morgan fingerprint density at radius 3 is 1.39 bits per heavy atom. The van der Waals surface area contributed by atoms with Crippen molar-refractivity contribution in [1.82, 2.24) is 9.97 Å². The number of hydrogen-bond donors (Lipinski definition) is 2. The molecule has 0 bridgehead atoms. The van der Waals surface area contributed by atoms with Crippen molar-refractivity contribution in [3.8, 4) is 0 Å². The molecule has 2 N–H and O–H groups in total. The summed E-state index contributed by atoms with van der Waals surface area (Å²) in [7, 11) is 0. The van der Waals surface area contributed by atoms with E-state index in [0.717, 1.165) is 0 Å². The summed E-state index contributed by atoms with van der Waals surface area (Å²) in [5, 5.41) is 29.3. The van der Waals surface area contributed by atoms with E-state index in [2.05, 4.69) is 20.6 Å². The number of pyridine rings is 2. The van der Waals surface area contributed by atoms with Gasteiger partial charge in [-0.05, 0) is 48.5 Å². The van der Waals surface area contributed by atoms with Crippen LogP contribution >= 0.6 is 11.8 Å². The van der Waals surface area contributed by atoms with Crippen LogP contribution in [0.3, 0.4) is 0 Å². The molecule has 0 unspecified atom stereocenters. The molecule has 2 aromatic carbocycles. The van der Waals surface area contributed by atoms with E-state index >= 15 is 0 Å². The molecule has 0 radical (unpaired) electrons. The first kappa shape index (κ1) is 21.7. The Labute approximate surface area is 192 Å². The predicted octanol–water partition coefficient (Wildman–Crippen LogP) is 5.93. The number of nitro benzene ring substituents is 2. The van der Waals surface area contributed by atoms with Gasteiger partial charge in [-0.1, -0.05) is 11.8 Å². The molecule has 4 rings (SSSR count). The lowest BCUT2D eigenvalue weighted by atomic mass is 10.2. The first-order chi connectivity index (χ1) is 16.0.